The van der Waals surface area contributed by atoms with Gasteiger partial charge < -0.3 is 19.6 Å². The zero-order valence-electron chi connectivity index (χ0n) is 55.3. The fourth-order valence-corrected chi connectivity index (χ4v) is 25.6. The van der Waals surface area contributed by atoms with Crippen LogP contribution in [0.2, 0.25) is 0 Å². The molecule has 9 nitrogen and oxygen atoms in total. The lowest BCUT2D eigenvalue weighted by Gasteiger charge is -2.72. The normalized spacial score (nSPS) is 43.0. The number of rotatable bonds is 9. The van der Waals surface area contributed by atoms with E-state index < -0.39 is 11.6 Å². The van der Waals surface area contributed by atoms with E-state index in [0.717, 1.165) is 70.6 Å². The fourth-order valence-electron chi connectivity index (χ4n) is 25.6. The Morgan fingerprint density at radius 1 is 0.500 bits per heavy atom. The molecule has 12 rings (SSSR count). The van der Waals surface area contributed by atoms with E-state index in [0.29, 0.717) is 70.8 Å². The number of carbonyl (C=O) groups is 4. The molecule has 466 valence electrons. The van der Waals surface area contributed by atoms with Gasteiger partial charge >= 0.3 is 18.0 Å². The molecule has 8 fully saturated rings. The molecular formula is C77H106N2O7. The number of hydroxylamine groups is 1. The third kappa shape index (κ3) is 8.65. The lowest BCUT2D eigenvalue weighted by molar-refractivity contribution is -0.226. The van der Waals surface area contributed by atoms with Crippen LogP contribution in [0.15, 0.2) is 85.0 Å². The lowest BCUT2D eigenvalue weighted by atomic mass is 9.32. The van der Waals surface area contributed by atoms with E-state index in [-0.39, 0.29) is 72.5 Å². The Kier molecular flexibility index (Phi) is 14.8. The predicted octanol–water partition coefficient (Wildman–Crippen LogP) is 18.2. The Balaban J connectivity index is 0.733. The quantitative estimate of drug-likeness (QED) is 0.111. The SMILES string of the molecule is C=C(C)[C@@H]1CC[C@@]2(CC(=O)NOC(=O)N[C@@]34CC[C@@H](C(=C)C)[C@@H]3[C@H]3CC[C@@H]5[C@@]6(C)CC=C(c7ccc(C(=O)OC)cc7)C(C)(C)[C@@H]6CC[C@@]5(C)[C@]3(C)CC4)CC[C@]3(C)[C@H](CC[C@@H]4[C@@]5(C)CC=C(c6ccc(C(=O)OC)cc6)C(C)(C)[C@@H]5CC[C@]43C)[C@@H]12. The summed E-state index contributed by atoms with van der Waals surface area (Å²) in [5.74, 6) is 3.58. The number of amides is 2. The molecule has 2 amide bonds. The van der Waals surface area contributed by atoms with E-state index in [9.17, 15) is 19.2 Å². The average molecular weight is 1170 g/mol. The summed E-state index contributed by atoms with van der Waals surface area (Å²) in [6.07, 6.45) is 24.5. The van der Waals surface area contributed by atoms with E-state index in [1.807, 2.05) is 24.3 Å². The maximum Gasteiger partial charge on any atom is 0.431 e. The molecular weight excluding hydrogens is 1060 g/mol. The van der Waals surface area contributed by atoms with E-state index in [4.69, 9.17) is 14.3 Å². The second-order valence-corrected chi connectivity index (χ2v) is 33.3. The second-order valence-electron chi connectivity index (χ2n) is 33.3. The van der Waals surface area contributed by atoms with Gasteiger partial charge in [0, 0.05) is 12.0 Å². The maximum absolute atomic E-state index is 14.7. The van der Waals surface area contributed by atoms with Crippen molar-refractivity contribution in [2.45, 2.75) is 211 Å². The number of esters is 2. The summed E-state index contributed by atoms with van der Waals surface area (Å²) < 4.78 is 10.0. The number of fused-ring (bicyclic) bond motifs is 14. The Morgan fingerprint density at radius 3 is 1.41 bits per heavy atom. The van der Waals surface area contributed by atoms with Gasteiger partial charge in [0.05, 0.1) is 25.3 Å². The average Bonchev–Trinajstić information content (AvgIpc) is 0.935. The molecule has 0 aromatic heterocycles. The van der Waals surface area contributed by atoms with Gasteiger partial charge in [0.15, 0.2) is 0 Å². The summed E-state index contributed by atoms with van der Waals surface area (Å²) in [7, 11) is 2.88. The van der Waals surface area contributed by atoms with Crippen molar-refractivity contribution >= 4 is 35.1 Å². The van der Waals surface area contributed by atoms with E-state index in [1.165, 1.54) is 92.6 Å². The van der Waals surface area contributed by atoms with Crippen LogP contribution in [0.3, 0.4) is 0 Å². The van der Waals surface area contributed by atoms with Crippen LogP contribution in [0.5, 0.6) is 0 Å². The molecule has 9 heteroatoms. The van der Waals surface area contributed by atoms with Crippen molar-refractivity contribution in [1.82, 2.24) is 10.8 Å². The number of hydrogen-bond donors (Lipinski definition) is 2. The van der Waals surface area contributed by atoms with Crippen molar-refractivity contribution < 1.29 is 33.5 Å². The number of nitrogens with one attached hydrogen (secondary N) is 2. The molecule has 2 aromatic rings. The van der Waals surface area contributed by atoms with Gasteiger partial charge in [-0.1, -0.05) is 130 Å². The third-order valence-electron chi connectivity index (χ3n) is 29.8. The summed E-state index contributed by atoms with van der Waals surface area (Å²) >= 11 is 0. The van der Waals surface area contributed by atoms with Gasteiger partial charge in [0.25, 0.3) is 5.91 Å². The highest BCUT2D eigenvalue weighted by molar-refractivity contribution is 5.90. The largest absolute Gasteiger partial charge is 0.465 e. The van der Waals surface area contributed by atoms with Crippen molar-refractivity contribution in [3.63, 3.8) is 0 Å². The zero-order valence-corrected chi connectivity index (χ0v) is 55.3. The molecule has 18 atom stereocenters. The van der Waals surface area contributed by atoms with Crippen LogP contribution in [0.4, 0.5) is 4.79 Å². The molecule has 10 aliphatic rings. The van der Waals surface area contributed by atoms with E-state index in [1.54, 1.807) is 0 Å². The monoisotopic (exact) mass is 1170 g/mol. The molecule has 2 aromatic carbocycles. The molecule has 0 saturated heterocycles. The summed E-state index contributed by atoms with van der Waals surface area (Å²) in [6, 6.07) is 16.1. The molecule has 8 saturated carbocycles. The number of benzene rings is 2. The highest BCUT2D eigenvalue weighted by Crippen LogP contribution is 2.80. The van der Waals surface area contributed by atoms with Crippen molar-refractivity contribution in [1.29, 1.82) is 0 Å². The number of hydrogen-bond acceptors (Lipinski definition) is 7. The fraction of sp³-hybridized carbons (Fsp3) is 0.688. The standard InChI is InChI=1S/C77H106N2O7/c1-46(2)52-29-39-76(43-41-72(11)56(63(52)76)25-27-60-70(9)35-31-54(48-17-21-50(22-18-48)65(81)84-15)68(5,6)58(70)33-37-74(60,72)13)45-62(80)79-86-67(83)78-77-40-30-53(47(3)4)64(77)57-26-28-61-71(10)36-32-55(49-19-23-51(24-20-49)66(82)85-16)69(7,8)59(71)34-38-75(61,14)73(57,12)42-44-77/h17-24,31-32,52-53,56-61,63-64H,1,3,25-30,33-45H2,2,4-16H3,(H,78,83)(H,79,80)/t52-,53-,56+,57+,58-,59-,60+,61+,63+,64+,70-,71-,72+,73+,74+,75+,76-,77+/m0/s1. The minimum absolute atomic E-state index is 0.0345. The summed E-state index contributed by atoms with van der Waals surface area (Å²) in [5, 5.41) is 3.57. The minimum Gasteiger partial charge on any atom is -0.465 e. The maximum atomic E-state index is 14.7. The van der Waals surface area contributed by atoms with Crippen LogP contribution < -0.4 is 10.8 Å². The first-order valence-electron chi connectivity index (χ1n) is 33.8. The van der Waals surface area contributed by atoms with Crippen molar-refractivity contribution in [3.05, 3.63) is 107 Å². The zero-order chi connectivity index (χ0) is 61.7. The Hall–Kier alpha value is -4.92. The van der Waals surface area contributed by atoms with E-state index >= 15 is 0 Å². The second kappa shape index (κ2) is 20.8. The van der Waals surface area contributed by atoms with Gasteiger partial charge in [0.2, 0.25) is 0 Å². The predicted molar refractivity (Wildman–Crippen MR) is 343 cm³/mol. The summed E-state index contributed by atoms with van der Waals surface area (Å²) in [5.41, 5.74) is 11.7. The Bertz CT molecular complexity index is 2960. The first-order chi connectivity index (χ1) is 40.4. The van der Waals surface area contributed by atoms with Crippen molar-refractivity contribution in [2.24, 2.45) is 108 Å². The molecule has 0 radical (unpaired) electrons. The van der Waals surface area contributed by atoms with Gasteiger partial charge in [-0.2, -0.15) is 5.48 Å². The number of ether oxygens (including phenoxy) is 2. The Labute approximate surface area is 516 Å². The topological polar surface area (TPSA) is 120 Å². The molecule has 0 bridgehead atoms. The highest BCUT2D eigenvalue weighted by Gasteiger charge is 2.73. The highest BCUT2D eigenvalue weighted by atomic mass is 16.7. The van der Waals surface area contributed by atoms with Crippen LogP contribution >= 0.6 is 0 Å². The summed E-state index contributed by atoms with van der Waals surface area (Å²) in [4.78, 5) is 59.9. The van der Waals surface area contributed by atoms with Crippen LogP contribution in [0.1, 0.15) is 237 Å². The van der Waals surface area contributed by atoms with Gasteiger partial charge in [0.1, 0.15) is 0 Å². The van der Waals surface area contributed by atoms with Crippen LogP contribution in [-0.2, 0) is 19.1 Å². The number of methoxy groups -OCH3 is 2. The first-order valence-corrected chi connectivity index (χ1v) is 33.8. The first kappa shape index (κ1) is 61.3. The van der Waals surface area contributed by atoms with Crippen LogP contribution in [0.25, 0.3) is 11.1 Å². The van der Waals surface area contributed by atoms with E-state index in [2.05, 4.69) is 143 Å². The van der Waals surface area contributed by atoms with Gasteiger partial charge in [-0.15, -0.1) is 0 Å². The van der Waals surface area contributed by atoms with Gasteiger partial charge in [-0.3, -0.25) is 4.79 Å². The molecule has 86 heavy (non-hydrogen) atoms. The molecule has 2 N–H and O–H groups in total. The van der Waals surface area contributed by atoms with Gasteiger partial charge in [-0.25, -0.2) is 14.4 Å². The summed E-state index contributed by atoms with van der Waals surface area (Å²) in [6.45, 7) is 39.5. The van der Waals surface area contributed by atoms with Crippen molar-refractivity contribution in [2.75, 3.05) is 14.2 Å². The van der Waals surface area contributed by atoms with Gasteiger partial charge in [-0.05, 0) is 284 Å². The minimum atomic E-state index is -0.523. The van der Waals surface area contributed by atoms with Crippen LogP contribution in [0, 0.1) is 108 Å². The van der Waals surface area contributed by atoms with Crippen LogP contribution in [-0.4, -0.2) is 43.7 Å². The lowest BCUT2D eigenvalue weighted by Crippen LogP contribution is -2.68. The molecule has 0 unspecified atom stereocenters. The number of allylic oxidation sites excluding steroid dienone is 6. The third-order valence-corrected chi connectivity index (χ3v) is 29.8. The smallest absolute Gasteiger partial charge is 0.431 e. The van der Waals surface area contributed by atoms with Crippen molar-refractivity contribution in [3.8, 4) is 0 Å². The molecule has 0 heterocycles. The molecule has 0 spiro atoms. The Morgan fingerprint density at radius 2 is 0.942 bits per heavy atom. The molecule has 10 aliphatic carbocycles. The number of carbonyl (C=O) groups excluding carboxylic acids is 4. The molecule has 0 aliphatic heterocycles.